The predicted molar refractivity (Wildman–Crippen MR) is 45.7 cm³/mol. The van der Waals surface area contributed by atoms with Crippen LogP contribution in [0.25, 0.3) is 0 Å². The summed E-state index contributed by atoms with van der Waals surface area (Å²) in [7, 11) is 0. The van der Waals surface area contributed by atoms with Gasteiger partial charge in [0.25, 0.3) is 0 Å². The van der Waals surface area contributed by atoms with Crippen molar-refractivity contribution in [3.05, 3.63) is 0 Å². The highest BCUT2D eigenvalue weighted by molar-refractivity contribution is 8.01. The quantitative estimate of drug-likeness (QED) is 0.611. The molecule has 1 atom stereocenters. The van der Waals surface area contributed by atoms with E-state index >= 15 is 0 Å². The Bertz CT molecular complexity index is 132. The van der Waals surface area contributed by atoms with Crippen molar-refractivity contribution in [1.82, 2.24) is 0 Å². The Morgan fingerprint density at radius 3 is 2.91 bits per heavy atom. The summed E-state index contributed by atoms with van der Waals surface area (Å²) < 4.78 is 11.6. The molecule has 1 heterocycles. The third-order valence-electron chi connectivity index (χ3n) is 2.08. The normalized spacial score (nSPS) is 30.6. The van der Waals surface area contributed by atoms with E-state index in [0.717, 1.165) is 31.3 Å². The highest BCUT2D eigenvalue weighted by Crippen LogP contribution is 2.39. The van der Waals surface area contributed by atoms with Crippen LogP contribution in [0.3, 0.4) is 0 Å². The minimum absolute atomic E-state index is 0.216. The maximum absolute atomic E-state index is 11.8. The van der Waals surface area contributed by atoms with Gasteiger partial charge in [0.2, 0.25) is 0 Å². The first kappa shape index (κ1) is 9.04. The van der Waals surface area contributed by atoms with Crippen LogP contribution < -0.4 is 0 Å². The van der Waals surface area contributed by atoms with Gasteiger partial charge in [-0.25, -0.2) is 0 Å². The fourth-order valence-electron chi connectivity index (χ4n) is 1.43. The third-order valence-corrected chi connectivity index (χ3v) is 3.65. The summed E-state index contributed by atoms with van der Waals surface area (Å²) >= 11 is 1.70. The van der Waals surface area contributed by atoms with Gasteiger partial charge in [-0.1, -0.05) is 0 Å². The SMILES string of the molecule is O=CC1(CCCF)CCCS1. The zero-order valence-electron chi connectivity index (χ0n) is 6.51. The van der Waals surface area contributed by atoms with Crippen LogP contribution in [-0.2, 0) is 4.79 Å². The molecule has 1 rings (SSSR count). The van der Waals surface area contributed by atoms with E-state index in [-0.39, 0.29) is 11.4 Å². The summed E-state index contributed by atoms with van der Waals surface area (Å²) in [6.45, 7) is -0.295. The molecule has 0 N–H and O–H groups in total. The summed E-state index contributed by atoms with van der Waals surface area (Å²) in [5.41, 5.74) is 0. The van der Waals surface area contributed by atoms with Gasteiger partial charge in [-0.15, -0.1) is 11.8 Å². The van der Waals surface area contributed by atoms with Crippen LogP contribution in [-0.4, -0.2) is 23.5 Å². The second-order valence-electron chi connectivity index (χ2n) is 2.93. The van der Waals surface area contributed by atoms with Crippen molar-refractivity contribution in [2.24, 2.45) is 0 Å². The van der Waals surface area contributed by atoms with Gasteiger partial charge in [0.15, 0.2) is 0 Å². The monoisotopic (exact) mass is 176 g/mol. The summed E-state index contributed by atoms with van der Waals surface area (Å²) in [6, 6.07) is 0. The lowest BCUT2D eigenvalue weighted by molar-refractivity contribution is -0.110. The molecule has 1 nitrogen and oxygen atoms in total. The Kier molecular flexibility index (Phi) is 3.37. The summed E-state index contributed by atoms with van der Waals surface area (Å²) in [6.07, 6.45) is 4.32. The molecule has 0 aliphatic carbocycles. The molecule has 0 spiro atoms. The molecule has 0 amide bonds. The molecule has 1 saturated heterocycles. The fraction of sp³-hybridized carbons (Fsp3) is 0.875. The number of hydrogen-bond acceptors (Lipinski definition) is 2. The van der Waals surface area contributed by atoms with E-state index in [4.69, 9.17) is 0 Å². The number of aldehydes is 1. The molecule has 0 aromatic heterocycles. The topological polar surface area (TPSA) is 17.1 Å². The first-order chi connectivity index (χ1) is 5.33. The highest BCUT2D eigenvalue weighted by Gasteiger charge is 2.33. The Labute approximate surface area is 70.7 Å². The van der Waals surface area contributed by atoms with E-state index in [9.17, 15) is 9.18 Å². The molecule has 64 valence electrons. The standard InChI is InChI=1S/C8H13FOS/c9-5-1-3-8(7-10)4-2-6-11-8/h7H,1-6H2. The molecule has 0 aromatic rings. The fourth-order valence-corrected chi connectivity index (χ4v) is 2.77. The van der Waals surface area contributed by atoms with E-state index in [1.807, 2.05) is 0 Å². The van der Waals surface area contributed by atoms with Gasteiger partial charge >= 0.3 is 0 Å². The van der Waals surface area contributed by atoms with Crippen LogP contribution in [0.1, 0.15) is 25.7 Å². The molecule has 1 fully saturated rings. The van der Waals surface area contributed by atoms with Gasteiger partial charge in [0.1, 0.15) is 6.29 Å². The average molecular weight is 176 g/mol. The molecule has 3 heteroatoms. The molecule has 1 aliphatic rings. The molecule has 0 aromatic carbocycles. The molecular formula is C8H13FOS. The minimum atomic E-state index is -0.295. The van der Waals surface area contributed by atoms with Crippen LogP contribution in [0.5, 0.6) is 0 Å². The Morgan fingerprint density at radius 2 is 2.45 bits per heavy atom. The smallest absolute Gasteiger partial charge is 0.136 e. The van der Waals surface area contributed by atoms with Crippen molar-refractivity contribution in [2.45, 2.75) is 30.4 Å². The second-order valence-corrected chi connectivity index (χ2v) is 4.44. The number of alkyl halides is 1. The number of rotatable bonds is 4. The lowest BCUT2D eigenvalue weighted by atomic mass is 9.99. The van der Waals surface area contributed by atoms with Crippen LogP contribution >= 0.6 is 11.8 Å². The van der Waals surface area contributed by atoms with E-state index < -0.39 is 0 Å². The van der Waals surface area contributed by atoms with Crippen molar-refractivity contribution >= 4 is 18.0 Å². The average Bonchev–Trinajstić information content (AvgIpc) is 2.50. The first-order valence-electron chi connectivity index (χ1n) is 3.99. The Hall–Kier alpha value is -0.0500. The van der Waals surface area contributed by atoms with E-state index in [1.54, 1.807) is 11.8 Å². The zero-order chi connectivity index (χ0) is 8.16. The number of carbonyl (C=O) groups is 1. The van der Waals surface area contributed by atoms with Crippen molar-refractivity contribution in [3.8, 4) is 0 Å². The van der Waals surface area contributed by atoms with Crippen LogP contribution in [0.4, 0.5) is 4.39 Å². The number of carbonyl (C=O) groups excluding carboxylic acids is 1. The van der Waals surface area contributed by atoms with Crippen molar-refractivity contribution in [3.63, 3.8) is 0 Å². The van der Waals surface area contributed by atoms with E-state index in [0.29, 0.717) is 6.42 Å². The minimum Gasteiger partial charge on any atom is -0.302 e. The molecule has 0 radical (unpaired) electrons. The largest absolute Gasteiger partial charge is 0.302 e. The molecule has 0 bridgehead atoms. The van der Waals surface area contributed by atoms with Crippen LogP contribution in [0.15, 0.2) is 0 Å². The lowest BCUT2D eigenvalue weighted by Crippen LogP contribution is -2.22. The number of thioether (sulfide) groups is 1. The Balaban J connectivity index is 2.39. The Morgan fingerprint density at radius 1 is 1.64 bits per heavy atom. The van der Waals surface area contributed by atoms with E-state index in [1.165, 1.54) is 0 Å². The van der Waals surface area contributed by atoms with Gasteiger partial charge < -0.3 is 4.79 Å². The van der Waals surface area contributed by atoms with Crippen molar-refractivity contribution in [1.29, 1.82) is 0 Å². The third kappa shape index (κ3) is 2.19. The van der Waals surface area contributed by atoms with Crippen LogP contribution in [0.2, 0.25) is 0 Å². The second kappa shape index (κ2) is 4.10. The zero-order valence-corrected chi connectivity index (χ0v) is 7.33. The van der Waals surface area contributed by atoms with Crippen LogP contribution in [0, 0.1) is 0 Å². The molecule has 1 unspecified atom stereocenters. The van der Waals surface area contributed by atoms with Gasteiger partial charge in [0, 0.05) is 0 Å². The summed E-state index contributed by atoms with van der Waals surface area (Å²) in [5.74, 6) is 1.06. The molecular weight excluding hydrogens is 163 g/mol. The molecule has 0 saturated carbocycles. The number of halogens is 1. The lowest BCUT2D eigenvalue weighted by Gasteiger charge is -2.19. The van der Waals surface area contributed by atoms with E-state index in [2.05, 4.69) is 0 Å². The van der Waals surface area contributed by atoms with Gasteiger partial charge in [0.05, 0.1) is 11.4 Å². The summed E-state index contributed by atoms with van der Waals surface area (Å²) in [5, 5.41) is 0. The number of hydrogen-bond donors (Lipinski definition) is 0. The highest BCUT2D eigenvalue weighted by atomic mass is 32.2. The predicted octanol–water partition coefficient (Wildman–Crippen LogP) is 2.20. The maximum Gasteiger partial charge on any atom is 0.136 e. The molecule has 1 aliphatic heterocycles. The summed E-state index contributed by atoms with van der Waals surface area (Å²) in [4.78, 5) is 10.7. The van der Waals surface area contributed by atoms with Crippen molar-refractivity contribution < 1.29 is 9.18 Å². The molecule has 11 heavy (non-hydrogen) atoms. The van der Waals surface area contributed by atoms with Crippen molar-refractivity contribution in [2.75, 3.05) is 12.4 Å². The van der Waals surface area contributed by atoms with Gasteiger partial charge in [-0.3, -0.25) is 4.39 Å². The van der Waals surface area contributed by atoms with Gasteiger partial charge in [-0.2, -0.15) is 0 Å². The maximum atomic E-state index is 11.8. The first-order valence-corrected chi connectivity index (χ1v) is 4.98. The van der Waals surface area contributed by atoms with Gasteiger partial charge in [-0.05, 0) is 31.4 Å².